The Bertz CT molecular complexity index is 898. The summed E-state index contributed by atoms with van der Waals surface area (Å²) in [4.78, 5) is 25.1. The van der Waals surface area contributed by atoms with E-state index < -0.39 is 11.2 Å². The molecular formula is C19H23ClN2O3. The number of hydrogen-bond donors (Lipinski definition) is 1. The van der Waals surface area contributed by atoms with Gasteiger partial charge in [-0.05, 0) is 48.8 Å². The summed E-state index contributed by atoms with van der Waals surface area (Å²) in [6, 6.07) is 8.43. The number of nitrogens with zero attached hydrogens (tertiary/aromatic N) is 2. The highest BCUT2D eigenvalue weighted by atomic mass is 35.5. The molecule has 134 valence electrons. The molecule has 3 rings (SSSR count). The summed E-state index contributed by atoms with van der Waals surface area (Å²) in [6.45, 7) is 4.59. The van der Waals surface area contributed by atoms with E-state index in [1.165, 1.54) is 9.13 Å². The average Bonchev–Trinajstić information content (AvgIpc) is 2.86. The molecule has 0 radical (unpaired) electrons. The fourth-order valence-electron chi connectivity index (χ4n) is 3.68. The number of rotatable bonds is 4. The Kier molecular flexibility index (Phi) is 4.78. The van der Waals surface area contributed by atoms with E-state index in [2.05, 4.69) is 13.8 Å². The second-order valence-corrected chi connectivity index (χ2v) is 8.02. The molecule has 1 aliphatic rings. The molecule has 1 heterocycles. The van der Waals surface area contributed by atoms with Crippen LogP contribution in [0.2, 0.25) is 5.02 Å². The van der Waals surface area contributed by atoms with Crippen LogP contribution in [0.1, 0.15) is 44.7 Å². The minimum Gasteiger partial charge on any atom is -0.494 e. The van der Waals surface area contributed by atoms with Gasteiger partial charge in [0.1, 0.15) is 0 Å². The lowest BCUT2D eigenvalue weighted by atomic mass is 9.92. The zero-order valence-electron chi connectivity index (χ0n) is 14.5. The second-order valence-electron chi connectivity index (χ2n) is 7.59. The summed E-state index contributed by atoms with van der Waals surface area (Å²) < 4.78 is 2.58. The van der Waals surface area contributed by atoms with Crippen molar-refractivity contribution in [2.24, 2.45) is 5.41 Å². The van der Waals surface area contributed by atoms with Gasteiger partial charge in [0.05, 0.1) is 6.07 Å². The smallest absolute Gasteiger partial charge is 0.334 e. The number of halogens is 1. The monoisotopic (exact) mass is 362 g/mol. The summed E-state index contributed by atoms with van der Waals surface area (Å²) >= 11 is 5.98. The molecule has 1 atom stereocenters. The summed E-state index contributed by atoms with van der Waals surface area (Å²) in [5, 5.41) is 10.7. The second kappa shape index (κ2) is 6.71. The molecule has 5 nitrogen and oxygen atoms in total. The molecule has 2 aromatic rings. The van der Waals surface area contributed by atoms with Crippen molar-refractivity contribution in [2.75, 3.05) is 0 Å². The van der Waals surface area contributed by atoms with Crippen molar-refractivity contribution in [3.05, 3.63) is 61.8 Å². The maximum atomic E-state index is 12.8. The van der Waals surface area contributed by atoms with E-state index in [1.54, 1.807) is 6.07 Å². The molecule has 1 N–H and O–H groups in total. The molecule has 1 aromatic carbocycles. The first-order chi connectivity index (χ1) is 11.8. The van der Waals surface area contributed by atoms with Crippen LogP contribution in [0.15, 0.2) is 39.9 Å². The normalized spacial score (nSPS) is 19.2. The van der Waals surface area contributed by atoms with E-state index in [-0.39, 0.29) is 17.3 Å². The number of hydrogen-bond acceptors (Lipinski definition) is 3. The van der Waals surface area contributed by atoms with Gasteiger partial charge in [-0.1, -0.05) is 37.6 Å². The third kappa shape index (κ3) is 3.82. The third-order valence-electron chi connectivity index (χ3n) is 5.02. The Hall–Kier alpha value is -2.01. The average molecular weight is 363 g/mol. The van der Waals surface area contributed by atoms with E-state index in [9.17, 15) is 14.7 Å². The Labute approximate surface area is 151 Å². The fourth-order valence-corrected chi connectivity index (χ4v) is 3.89. The highest BCUT2D eigenvalue weighted by Crippen LogP contribution is 2.42. The summed E-state index contributed by atoms with van der Waals surface area (Å²) in [6.07, 6.45) is 3.12. The number of aromatic hydroxyl groups is 1. The van der Waals surface area contributed by atoms with Gasteiger partial charge in [0.15, 0.2) is 0 Å². The minimum absolute atomic E-state index is 0.104. The van der Waals surface area contributed by atoms with Crippen molar-refractivity contribution in [3.63, 3.8) is 0 Å². The van der Waals surface area contributed by atoms with E-state index >= 15 is 0 Å². The van der Waals surface area contributed by atoms with Gasteiger partial charge < -0.3 is 5.11 Å². The quantitative estimate of drug-likeness (QED) is 0.907. The summed E-state index contributed by atoms with van der Waals surface area (Å²) in [5.41, 5.74) is 0.234. The topological polar surface area (TPSA) is 64.2 Å². The number of aryl methyl sites for hydroxylation is 1. The number of aromatic nitrogens is 2. The first-order valence-corrected chi connectivity index (χ1v) is 8.94. The molecule has 6 heteroatoms. The molecule has 1 fully saturated rings. The first-order valence-electron chi connectivity index (χ1n) is 8.57. The van der Waals surface area contributed by atoms with Crippen molar-refractivity contribution in [3.8, 4) is 5.88 Å². The lowest BCUT2D eigenvalue weighted by Crippen LogP contribution is -2.41. The van der Waals surface area contributed by atoms with E-state index in [4.69, 9.17) is 11.6 Å². The van der Waals surface area contributed by atoms with Crippen LogP contribution in [0, 0.1) is 5.41 Å². The molecule has 1 unspecified atom stereocenters. The van der Waals surface area contributed by atoms with Gasteiger partial charge in [-0.15, -0.1) is 0 Å². The van der Waals surface area contributed by atoms with Crippen molar-refractivity contribution >= 4 is 11.6 Å². The lowest BCUT2D eigenvalue weighted by Gasteiger charge is -2.19. The Morgan fingerprint density at radius 1 is 1.28 bits per heavy atom. The first kappa shape index (κ1) is 17.8. The highest BCUT2D eigenvalue weighted by Gasteiger charge is 2.33. The van der Waals surface area contributed by atoms with Crippen LogP contribution < -0.4 is 11.2 Å². The predicted octanol–water partition coefficient (Wildman–Crippen LogP) is 3.36. The standard InChI is InChI=1S/C19H23ClN2O3/c1-19(2)8-6-15(12-19)22-17(24)11-16(23)21(18(22)25)9-7-13-4-3-5-14(20)10-13/h3-5,10-11,15,23H,6-9,12H2,1-2H3. The van der Waals surface area contributed by atoms with Crippen LogP contribution in [-0.4, -0.2) is 14.2 Å². The molecular weight excluding hydrogens is 340 g/mol. The minimum atomic E-state index is -0.435. The van der Waals surface area contributed by atoms with Gasteiger partial charge in [-0.3, -0.25) is 13.9 Å². The molecule has 0 saturated heterocycles. The number of benzene rings is 1. The van der Waals surface area contributed by atoms with Crippen molar-refractivity contribution < 1.29 is 5.11 Å². The van der Waals surface area contributed by atoms with Crippen LogP contribution in [0.4, 0.5) is 0 Å². The van der Waals surface area contributed by atoms with Crippen LogP contribution in [0.25, 0.3) is 0 Å². The molecule has 25 heavy (non-hydrogen) atoms. The van der Waals surface area contributed by atoms with Gasteiger partial charge >= 0.3 is 5.69 Å². The van der Waals surface area contributed by atoms with Crippen molar-refractivity contribution in [1.82, 2.24) is 9.13 Å². The van der Waals surface area contributed by atoms with E-state index in [0.717, 1.165) is 30.9 Å². The fraction of sp³-hybridized carbons (Fsp3) is 0.474. The van der Waals surface area contributed by atoms with Crippen molar-refractivity contribution in [2.45, 2.75) is 52.1 Å². The summed E-state index contributed by atoms with van der Waals surface area (Å²) in [5.74, 6) is -0.287. The predicted molar refractivity (Wildman–Crippen MR) is 98.5 cm³/mol. The molecule has 0 aliphatic heterocycles. The van der Waals surface area contributed by atoms with Gasteiger partial charge in [0.2, 0.25) is 5.88 Å². The molecule has 1 aliphatic carbocycles. The van der Waals surface area contributed by atoms with Crippen LogP contribution in [0.3, 0.4) is 0 Å². The highest BCUT2D eigenvalue weighted by molar-refractivity contribution is 6.30. The van der Waals surface area contributed by atoms with Crippen LogP contribution in [0.5, 0.6) is 5.88 Å². The maximum Gasteiger partial charge on any atom is 0.334 e. The van der Waals surface area contributed by atoms with Gasteiger partial charge in [0.25, 0.3) is 5.56 Å². The van der Waals surface area contributed by atoms with E-state index in [1.807, 2.05) is 18.2 Å². The zero-order valence-corrected chi connectivity index (χ0v) is 15.3. The maximum absolute atomic E-state index is 12.8. The Morgan fingerprint density at radius 2 is 2.04 bits per heavy atom. The molecule has 0 amide bonds. The molecule has 1 aromatic heterocycles. The van der Waals surface area contributed by atoms with Gasteiger partial charge in [-0.25, -0.2) is 4.79 Å². The molecule has 0 spiro atoms. The van der Waals surface area contributed by atoms with Gasteiger partial charge in [0, 0.05) is 17.6 Å². The van der Waals surface area contributed by atoms with E-state index in [0.29, 0.717) is 18.0 Å². The SMILES string of the molecule is CC1(C)CCC(n2c(=O)cc(O)n(CCc3cccc(Cl)c3)c2=O)C1. The van der Waals surface area contributed by atoms with Crippen molar-refractivity contribution in [1.29, 1.82) is 0 Å². The largest absolute Gasteiger partial charge is 0.494 e. The van der Waals surface area contributed by atoms with Gasteiger partial charge in [-0.2, -0.15) is 0 Å². The Balaban J connectivity index is 1.91. The third-order valence-corrected chi connectivity index (χ3v) is 5.26. The van der Waals surface area contributed by atoms with Crippen LogP contribution in [-0.2, 0) is 13.0 Å². The Morgan fingerprint density at radius 3 is 2.68 bits per heavy atom. The molecule has 0 bridgehead atoms. The summed E-state index contributed by atoms with van der Waals surface area (Å²) in [7, 11) is 0. The zero-order chi connectivity index (χ0) is 18.2. The lowest BCUT2D eigenvalue weighted by molar-refractivity contribution is 0.339. The molecule has 1 saturated carbocycles. The van der Waals surface area contributed by atoms with Crippen LogP contribution >= 0.6 is 11.6 Å².